The number of nitrogen functional groups attached to an aromatic ring is 1. The van der Waals surface area contributed by atoms with Crippen molar-refractivity contribution in [3.8, 4) is 0 Å². The number of pyridine rings is 1. The van der Waals surface area contributed by atoms with Crippen LogP contribution in [-0.4, -0.2) is 16.2 Å². The lowest BCUT2D eigenvalue weighted by Crippen LogP contribution is -2.21. The summed E-state index contributed by atoms with van der Waals surface area (Å²) in [5.74, 6) is 0.648. The summed E-state index contributed by atoms with van der Waals surface area (Å²) in [5, 5.41) is 13.2. The van der Waals surface area contributed by atoms with Crippen molar-refractivity contribution in [2.45, 2.75) is 52.4 Å². The van der Waals surface area contributed by atoms with Gasteiger partial charge in [0.25, 0.3) is 0 Å². The van der Waals surface area contributed by atoms with Crippen LogP contribution in [0.5, 0.6) is 0 Å². The number of nitrogens with zero attached hydrogens (tertiary/aromatic N) is 1. The number of nitrogens with one attached hydrogen (secondary N) is 1. The molecule has 124 valence electrons. The monoisotopic (exact) mass is 315 g/mol. The topological polar surface area (TPSA) is 88.2 Å². The van der Waals surface area contributed by atoms with Crippen LogP contribution < -0.4 is 11.1 Å². The first-order valence-corrected chi connectivity index (χ1v) is 7.66. The van der Waals surface area contributed by atoms with Gasteiger partial charge in [-0.05, 0) is 21.8 Å². The minimum atomic E-state index is -1.15. The van der Waals surface area contributed by atoms with Crippen molar-refractivity contribution in [2.24, 2.45) is 0 Å². The third kappa shape index (κ3) is 3.23. The van der Waals surface area contributed by atoms with E-state index in [-0.39, 0.29) is 16.6 Å². The van der Waals surface area contributed by atoms with Crippen LogP contribution in [0.1, 0.15) is 52.7 Å². The molecular weight excluding hydrogens is 290 g/mol. The van der Waals surface area contributed by atoms with Gasteiger partial charge in [0, 0.05) is 10.9 Å². The zero-order chi connectivity index (χ0) is 17.6. The number of anilines is 2. The largest absolute Gasteiger partial charge is 0.465 e. The van der Waals surface area contributed by atoms with Gasteiger partial charge in [0.1, 0.15) is 11.6 Å². The number of aromatic nitrogens is 1. The van der Waals surface area contributed by atoms with E-state index in [1.54, 1.807) is 0 Å². The molecule has 2 aromatic rings. The van der Waals surface area contributed by atoms with Crippen molar-refractivity contribution in [3.63, 3.8) is 0 Å². The Morgan fingerprint density at radius 1 is 1.13 bits per heavy atom. The molecule has 0 bridgehead atoms. The zero-order valence-corrected chi connectivity index (χ0v) is 14.6. The van der Waals surface area contributed by atoms with Crippen molar-refractivity contribution in [1.82, 2.24) is 4.98 Å². The van der Waals surface area contributed by atoms with E-state index in [0.29, 0.717) is 5.82 Å². The van der Waals surface area contributed by atoms with Gasteiger partial charge in [0.15, 0.2) is 0 Å². The van der Waals surface area contributed by atoms with Gasteiger partial charge in [-0.3, -0.25) is 5.32 Å². The lowest BCUT2D eigenvalue weighted by atomic mass is 9.77. The normalized spacial score (nSPS) is 12.4. The lowest BCUT2D eigenvalue weighted by molar-refractivity contribution is 0.209. The van der Waals surface area contributed by atoms with Crippen molar-refractivity contribution in [2.75, 3.05) is 11.1 Å². The molecule has 0 radical (unpaired) electrons. The highest BCUT2D eigenvalue weighted by Gasteiger charge is 2.28. The van der Waals surface area contributed by atoms with Gasteiger partial charge in [0.2, 0.25) is 0 Å². The molecular formula is C18H25N3O2. The number of rotatable bonds is 1. The van der Waals surface area contributed by atoms with E-state index >= 15 is 0 Å². The van der Waals surface area contributed by atoms with E-state index in [0.717, 1.165) is 21.9 Å². The molecule has 1 aromatic carbocycles. The zero-order valence-electron chi connectivity index (χ0n) is 14.6. The molecule has 0 saturated carbocycles. The Morgan fingerprint density at radius 2 is 1.74 bits per heavy atom. The van der Waals surface area contributed by atoms with E-state index in [4.69, 9.17) is 10.8 Å². The highest BCUT2D eigenvalue weighted by atomic mass is 16.4. The summed E-state index contributed by atoms with van der Waals surface area (Å²) < 4.78 is 0. The predicted molar refractivity (Wildman–Crippen MR) is 95.2 cm³/mol. The van der Waals surface area contributed by atoms with Gasteiger partial charge in [-0.15, -0.1) is 0 Å². The van der Waals surface area contributed by atoms with E-state index < -0.39 is 6.09 Å². The Balaban J connectivity index is 3.01. The number of hydrogen-bond donors (Lipinski definition) is 3. The maximum absolute atomic E-state index is 11.1. The van der Waals surface area contributed by atoms with Gasteiger partial charge in [0.05, 0.1) is 0 Å². The van der Waals surface area contributed by atoms with Crippen LogP contribution in [-0.2, 0) is 10.8 Å². The molecule has 4 N–H and O–H groups in total. The molecule has 0 fully saturated rings. The number of nitrogens with two attached hydrogens (primary N) is 1. The maximum atomic E-state index is 11.1. The first-order chi connectivity index (χ1) is 10.4. The first-order valence-electron chi connectivity index (χ1n) is 7.66. The van der Waals surface area contributed by atoms with Crippen molar-refractivity contribution < 1.29 is 9.90 Å². The highest BCUT2D eigenvalue weighted by Crippen LogP contribution is 2.41. The van der Waals surface area contributed by atoms with Crippen molar-refractivity contribution in [1.29, 1.82) is 0 Å². The average molecular weight is 315 g/mol. The molecule has 2 rings (SSSR count). The number of hydrogen-bond acceptors (Lipinski definition) is 3. The second-order valence-corrected chi connectivity index (χ2v) is 7.88. The minimum Gasteiger partial charge on any atom is -0.465 e. The first kappa shape index (κ1) is 17.1. The third-order valence-corrected chi connectivity index (χ3v) is 3.84. The van der Waals surface area contributed by atoms with Crippen LogP contribution in [0.2, 0.25) is 0 Å². The molecule has 1 aromatic heterocycles. The minimum absolute atomic E-state index is 0.103. The summed E-state index contributed by atoms with van der Waals surface area (Å²) in [6.07, 6.45) is -1.15. The van der Waals surface area contributed by atoms with Gasteiger partial charge in [-0.2, -0.15) is 0 Å². The fraction of sp³-hybridized carbons (Fsp3) is 0.444. The Hall–Kier alpha value is -2.30. The highest BCUT2D eigenvalue weighted by molar-refractivity contribution is 6.03. The smallest absolute Gasteiger partial charge is 0.410 e. The molecule has 0 aliphatic heterocycles. The number of amides is 1. The van der Waals surface area contributed by atoms with Crippen LogP contribution in [0.4, 0.5) is 16.4 Å². The van der Waals surface area contributed by atoms with Gasteiger partial charge in [-0.1, -0.05) is 59.7 Å². The number of benzene rings is 1. The summed E-state index contributed by atoms with van der Waals surface area (Å²) >= 11 is 0. The lowest BCUT2D eigenvalue weighted by Gasteiger charge is -2.29. The molecule has 5 nitrogen and oxygen atoms in total. The Kier molecular flexibility index (Phi) is 4.01. The number of fused-ring (bicyclic) bond motifs is 1. The standard InChI is InChI=1S/C18H25N3O2/c1-17(2,3)11-9-7-8-10-12(11)13(18(4,5)6)14(19)20-15(10)21-16(22)23/h7-9H,1-6H3,(H,22,23)(H3,19,20,21). The van der Waals surface area contributed by atoms with Crippen LogP contribution in [0.3, 0.4) is 0 Å². The second-order valence-electron chi connectivity index (χ2n) is 7.88. The number of carboxylic acid groups (broad SMARTS) is 1. The van der Waals surface area contributed by atoms with Gasteiger partial charge >= 0.3 is 6.09 Å². The summed E-state index contributed by atoms with van der Waals surface area (Å²) in [6, 6.07) is 5.89. The molecule has 23 heavy (non-hydrogen) atoms. The predicted octanol–water partition coefficient (Wildman–Crippen LogP) is 4.50. The molecule has 1 amide bonds. The summed E-state index contributed by atoms with van der Waals surface area (Å²) in [7, 11) is 0. The van der Waals surface area contributed by atoms with Crippen LogP contribution in [0, 0.1) is 0 Å². The van der Waals surface area contributed by atoms with Crippen LogP contribution in [0.25, 0.3) is 10.8 Å². The number of carbonyl (C=O) groups is 1. The molecule has 0 aliphatic rings. The van der Waals surface area contributed by atoms with E-state index in [9.17, 15) is 4.79 Å². The molecule has 0 saturated heterocycles. The average Bonchev–Trinajstić information content (AvgIpc) is 2.34. The van der Waals surface area contributed by atoms with Crippen molar-refractivity contribution >= 4 is 28.5 Å². The molecule has 0 atom stereocenters. The molecule has 5 heteroatoms. The molecule has 1 heterocycles. The quantitative estimate of drug-likeness (QED) is 0.723. The van der Waals surface area contributed by atoms with Crippen LogP contribution >= 0.6 is 0 Å². The second kappa shape index (κ2) is 5.41. The fourth-order valence-corrected chi connectivity index (χ4v) is 2.96. The van der Waals surface area contributed by atoms with E-state index in [1.807, 2.05) is 12.1 Å². The van der Waals surface area contributed by atoms with E-state index in [1.165, 1.54) is 0 Å². The SMILES string of the molecule is CC(C)(C)c1cccc2c(NC(=O)O)nc(N)c(C(C)(C)C)c12. The molecule has 0 spiro atoms. The Labute approximate surface area is 136 Å². The van der Waals surface area contributed by atoms with Crippen LogP contribution in [0.15, 0.2) is 18.2 Å². The molecule has 0 aliphatic carbocycles. The van der Waals surface area contributed by atoms with Crippen molar-refractivity contribution in [3.05, 3.63) is 29.3 Å². The van der Waals surface area contributed by atoms with Gasteiger partial charge in [-0.25, -0.2) is 9.78 Å². The Bertz CT molecular complexity index is 768. The molecule has 0 unspecified atom stereocenters. The summed E-state index contributed by atoms with van der Waals surface area (Å²) in [4.78, 5) is 15.4. The third-order valence-electron chi connectivity index (χ3n) is 3.84. The summed E-state index contributed by atoms with van der Waals surface area (Å²) in [5.41, 5.74) is 7.98. The maximum Gasteiger partial charge on any atom is 0.410 e. The van der Waals surface area contributed by atoms with E-state index in [2.05, 4.69) is 57.9 Å². The van der Waals surface area contributed by atoms with Gasteiger partial charge < -0.3 is 10.8 Å². The fourth-order valence-electron chi connectivity index (χ4n) is 2.96. The Morgan fingerprint density at radius 3 is 2.22 bits per heavy atom. The summed E-state index contributed by atoms with van der Waals surface area (Å²) in [6.45, 7) is 12.7.